The Balaban J connectivity index is 2.07. The van der Waals surface area contributed by atoms with Gasteiger partial charge in [0.25, 0.3) is 0 Å². The summed E-state index contributed by atoms with van der Waals surface area (Å²) in [6.45, 7) is 5.98. The van der Waals surface area contributed by atoms with Gasteiger partial charge in [-0.1, -0.05) is 19.9 Å². The van der Waals surface area contributed by atoms with Crippen LogP contribution in [0.3, 0.4) is 0 Å². The van der Waals surface area contributed by atoms with Crippen LogP contribution >= 0.6 is 0 Å². The van der Waals surface area contributed by atoms with E-state index in [0.717, 1.165) is 6.42 Å². The molecule has 0 bridgehead atoms. The summed E-state index contributed by atoms with van der Waals surface area (Å²) in [5, 5.41) is 13.1. The van der Waals surface area contributed by atoms with Crippen LogP contribution in [0.2, 0.25) is 0 Å². The third-order valence-corrected chi connectivity index (χ3v) is 4.34. The Hall–Kier alpha value is -1.13. The predicted molar refractivity (Wildman–Crippen MR) is 72.7 cm³/mol. The average molecular weight is 267 g/mol. The summed E-state index contributed by atoms with van der Waals surface area (Å²) in [4.78, 5) is 0. The SMILES string of the molecule is COc1ccc(C(C)NC2CC(O)C2(C)C)c(F)c1. The van der Waals surface area contributed by atoms with Gasteiger partial charge in [-0.2, -0.15) is 0 Å². The molecule has 2 N–H and O–H groups in total. The van der Waals surface area contributed by atoms with Crippen LogP contribution in [0, 0.1) is 11.2 Å². The van der Waals surface area contributed by atoms with Gasteiger partial charge in [0.15, 0.2) is 0 Å². The molecule has 3 atom stereocenters. The molecule has 0 radical (unpaired) electrons. The summed E-state index contributed by atoms with van der Waals surface area (Å²) in [6.07, 6.45) is 0.438. The first-order valence-electron chi connectivity index (χ1n) is 6.63. The van der Waals surface area contributed by atoms with Crippen molar-refractivity contribution in [3.05, 3.63) is 29.6 Å². The summed E-state index contributed by atoms with van der Waals surface area (Å²) >= 11 is 0. The molecule has 0 aliphatic heterocycles. The molecule has 2 rings (SSSR count). The Morgan fingerprint density at radius 3 is 2.63 bits per heavy atom. The van der Waals surface area contributed by atoms with Crippen molar-refractivity contribution in [1.29, 1.82) is 0 Å². The van der Waals surface area contributed by atoms with Crippen LogP contribution in [0.1, 0.15) is 38.8 Å². The summed E-state index contributed by atoms with van der Waals surface area (Å²) in [5.74, 6) is 0.255. The topological polar surface area (TPSA) is 41.5 Å². The summed E-state index contributed by atoms with van der Waals surface area (Å²) in [7, 11) is 1.52. The van der Waals surface area contributed by atoms with Crippen molar-refractivity contribution < 1.29 is 14.2 Å². The van der Waals surface area contributed by atoms with E-state index in [1.165, 1.54) is 13.2 Å². The number of hydrogen-bond acceptors (Lipinski definition) is 3. The fourth-order valence-electron chi connectivity index (χ4n) is 2.56. The van der Waals surface area contributed by atoms with Crippen LogP contribution in [0.25, 0.3) is 0 Å². The second-order valence-electron chi connectivity index (χ2n) is 5.90. The smallest absolute Gasteiger partial charge is 0.131 e. The number of aliphatic hydroxyl groups is 1. The molecule has 0 saturated heterocycles. The summed E-state index contributed by atoms with van der Waals surface area (Å²) in [5.41, 5.74) is 0.468. The number of benzene rings is 1. The van der Waals surface area contributed by atoms with Gasteiger partial charge in [0.05, 0.1) is 13.2 Å². The highest BCUT2D eigenvalue weighted by Crippen LogP contribution is 2.41. The van der Waals surface area contributed by atoms with Crippen LogP contribution in [0.5, 0.6) is 5.75 Å². The minimum Gasteiger partial charge on any atom is -0.497 e. The zero-order chi connectivity index (χ0) is 14.2. The quantitative estimate of drug-likeness (QED) is 0.881. The van der Waals surface area contributed by atoms with E-state index in [0.29, 0.717) is 11.3 Å². The van der Waals surface area contributed by atoms with E-state index in [2.05, 4.69) is 5.32 Å². The molecule has 0 spiro atoms. The fraction of sp³-hybridized carbons (Fsp3) is 0.600. The van der Waals surface area contributed by atoms with Crippen LogP contribution in [-0.2, 0) is 0 Å². The van der Waals surface area contributed by atoms with E-state index in [9.17, 15) is 9.50 Å². The Kier molecular flexibility index (Phi) is 3.83. The number of ether oxygens (including phenoxy) is 1. The molecule has 0 aromatic heterocycles. The largest absolute Gasteiger partial charge is 0.497 e. The molecule has 19 heavy (non-hydrogen) atoms. The van der Waals surface area contributed by atoms with Crippen molar-refractivity contribution in [1.82, 2.24) is 5.32 Å². The minimum absolute atomic E-state index is 0.0947. The van der Waals surface area contributed by atoms with Crippen LogP contribution in [0.15, 0.2) is 18.2 Å². The highest BCUT2D eigenvalue weighted by Gasteiger charge is 2.47. The third-order valence-electron chi connectivity index (χ3n) is 4.34. The Labute approximate surface area is 113 Å². The molecular weight excluding hydrogens is 245 g/mol. The van der Waals surface area contributed by atoms with E-state index in [4.69, 9.17) is 4.74 Å². The molecule has 1 aliphatic carbocycles. The van der Waals surface area contributed by atoms with Gasteiger partial charge >= 0.3 is 0 Å². The molecule has 1 aromatic carbocycles. The summed E-state index contributed by atoms with van der Waals surface area (Å²) in [6, 6.07) is 5.02. The minimum atomic E-state index is -0.280. The van der Waals surface area contributed by atoms with Crippen molar-refractivity contribution in [3.63, 3.8) is 0 Å². The van der Waals surface area contributed by atoms with E-state index >= 15 is 0 Å². The van der Waals surface area contributed by atoms with Crippen molar-refractivity contribution in [2.45, 2.75) is 45.4 Å². The molecule has 1 saturated carbocycles. The molecule has 0 heterocycles. The zero-order valence-corrected chi connectivity index (χ0v) is 11.9. The standard InChI is InChI=1S/C15H22FNO2/c1-9(17-13-8-14(18)15(13,2)3)11-6-5-10(19-4)7-12(11)16/h5-7,9,13-14,17-18H,8H2,1-4H3. The second-order valence-corrected chi connectivity index (χ2v) is 5.90. The van der Waals surface area contributed by atoms with E-state index in [1.54, 1.807) is 12.1 Å². The lowest BCUT2D eigenvalue weighted by atomic mass is 9.64. The third kappa shape index (κ3) is 2.60. The van der Waals surface area contributed by atoms with Crippen LogP contribution in [-0.4, -0.2) is 24.4 Å². The van der Waals surface area contributed by atoms with Crippen LogP contribution in [0.4, 0.5) is 4.39 Å². The van der Waals surface area contributed by atoms with Gasteiger partial charge in [-0.25, -0.2) is 4.39 Å². The fourth-order valence-corrected chi connectivity index (χ4v) is 2.56. The lowest BCUT2D eigenvalue weighted by molar-refractivity contribution is -0.0755. The van der Waals surface area contributed by atoms with E-state index in [1.807, 2.05) is 20.8 Å². The Morgan fingerprint density at radius 1 is 1.47 bits per heavy atom. The van der Waals surface area contributed by atoms with Crippen molar-refractivity contribution >= 4 is 0 Å². The second kappa shape index (κ2) is 5.10. The van der Waals surface area contributed by atoms with E-state index in [-0.39, 0.29) is 29.4 Å². The molecule has 0 amide bonds. The normalized spacial score (nSPS) is 26.6. The number of rotatable bonds is 4. The van der Waals surface area contributed by atoms with Gasteiger partial charge in [-0.05, 0) is 19.4 Å². The molecule has 3 nitrogen and oxygen atoms in total. The lowest BCUT2D eigenvalue weighted by Crippen LogP contribution is -2.60. The molecule has 106 valence electrons. The molecular formula is C15H22FNO2. The lowest BCUT2D eigenvalue weighted by Gasteiger charge is -2.50. The first kappa shape index (κ1) is 14.3. The van der Waals surface area contributed by atoms with Crippen molar-refractivity contribution in [2.75, 3.05) is 7.11 Å². The van der Waals surface area contributed by atoms with E-state index < -0.39 is 0 Å². The highest BCUT2D eigenvalue weighted by molar-refractivity contribution is 5.30. The van der Waals surface area contributed by atoms with Crippen molar-refractivity contribution in [3.8, 4) is 5.75 Å². The maximum absolute atomic E-state index is 14.0. The molecule has 4 heteroatoms. The average Bonchev–Trinajstić information content (AvgIpc) is 2.37. The molecule has 3 unspecified atom stereocenters. The van der Waals surface area contributed by atoms with Crippen LogP contribution < -0.4 is 10.1 Å². The number of hydrogen-bond donors (Lipinski definition) is 2. The maximum Gasteiger partial charge on any atom is 0.131 e. The Bertz CT molecular complexity index is 461. The zero-order valence-electron chi connectivity index (χ0n) is 11.9. The number of aliphatic hydroxyl groups excluding tert-OH is 1. The van der Waals surface area contributed by atoms with Gasteiger partial charge in [0, 0.05) is 29.1 Å². The molecule has 1 fully saturated rings. The number of nitrogens with one attached hydrogen (secondary N) is 1. The van der Waals surface area contributed by atoms with Gasteiger partial charge in [0.1, 0.15) is 11.6 Å². The molecule has 1 aliphatic rings. The highest BCUT2D eigenvalue weighted by atomic mass is 19.1. The predicted octanol–water partition coefficient (Wildman–Crippen LogP) is 2.64. The van der Waals surface area contributed by atoms with Crippen molar-refractivity contribution in [2.24, 2.45) is 5.41 Å². The first-order valence-corrected chi connectivity index (χ1v) is 6.63. The Morgan fingerprint density at radius 2 is 2.16 bits per heavy atom. The number of halogens is 1. The van der Waals surface area contributed by atoms with Gasteiger partial charge in [0.2, 0.25) is 0 Å². The first-order chi connectivity index (χ1) is 8.86. The van der Waals surface area contributed by atoms with Gasteiger partial charge in [-0.3, -0.25) is 0 Å². The monoisotopic (exact) mass is 267 g/mol. The number of methoxy groups -OCH3 is 1. The maximum atomic E-state index is 14.0. The van der Waals surface area contributed by atoms with Gasteiger partial charge in [-0.15, -0.1) is 0 Å². The molecule has 1 aromatic rings. The van der Waals surface area contributed by atoms with Gasteiger partial charge < -0.3 is 15.2 Å². The summed E-state index contributed by atoms with van der Waals surface area (Å²) < 4.78 is 19.0.